The molecule has 2 atom stereocenters. The molecule has 0 spiro atoms. The maximum absolute atomic E-state index is 5.36. The predicted molar refractivity (Wildman–Crippen MR) is 55.2 cm³/mol. The number of ether oxygens (including phenoxy) is 1. The van der Waals surface area contributed by atoms with Gasteiger partial charge in [-0.1, -0.05) is 0 Å². The van der Waals surface area contributed by atoms with Crippen LogP contribution in [0.5, 0.6) is 0 Å². The number of aryl methyl sites for hydroxylation is 1. The number of aromatic nitrogens is 2. The number of nitrogens with zero attached hydrogens (tertiary/aromatic N) is 2. The zero-order valence-corrected chi connectivity index (χ0v) is 8.73. The van der Waals surface area contributed by atoms with Crippen molar-refractivity contribution >= 4 is 5.82 Å². The quantitative estimate of drug-likeness (QED) is 0.789. The van der Waals surface area contributed by atoms with Gasteiger partial charge in [0.05, 0.1) is 6.61 Å². The molecule has 0 bridgehead atoms. The summed E-state index contributed by atoms with van der Waals surface area (Å²) in [7, 11) is 1.93. The zero-order valence-electron chi connectivity index (χ0n) is 8.73. The molecule has 1 aliphatic heterocycles. The Morgan fingerprint density at radius 3 is 3.14 bits per heavy atom. The van der Waals surface area contributed by atoms with Gasteiger partial charge in [-0.3, -0.25) is 4.68 Å². The molecule has 0 saturated carbocycles. The van der Waals surface area contributed by atoms with Gasteiger partial charge >= 0.3 is 0 Å². The van der Waals surface area contributed by atoms with Gasteiger partial charge in [0.1, 0.15) is 5.82 Å². The number of hydrogen-bond acceptors (Lipinski definition) is 3. The van der Waals surface area contributed by atoms with Gasteiger partial charge in [0, 0.05) is 37.9 Å². The molecule has 1 aromatic rings. The summed E-state index contributed by atoms with van der Waals surface area (Å²) < 4.78 is 7.16. The summed E-state index contributed by atoms with van der Waals surface area (Å²) in [6, 6.07) is 2.43. The maximum Gasteiger partial charge on any atom is 0.148 e. The van der Waals surface area contributed by atoms with Crippen molar-refractivity contribution in [1.29, 1.82) is 0 Å². The Labute approximate surface area is 84.3 Å². The summed E-state index contributed by atoms with van der Waals surface area (Å²) in [5.41, 5.74) is 0. The van der Waals surface area contributed by atoms with Gasteiger partial charge in [0.2, 0.25) is 0 Å². The predicted octanol–water partition coefficient (Wildman–Crippen LogP) is 1.26. The molecule has 78 valence electrons. The highest BCUT2D eigenvalue weighted by atomic mass is 16.5. The van der Waals surface area contributed by atoms with Gasteiger partial charge in [-0.15, -0.1) is 0 Å². The Morgan fingerprint density at radius 1 is 1.71 bits per heavy atom. The second-order valence-corrected chi connectivity index (χ2v) is 3.93. The van der Waals surface area contributed by atoms with Crippen molar-refractivity contribution in [3.05, 3.63) is 12.3 Å². The fourth-order valence-corrected chi connectivity index (χ4v) is 1.79. The minimum Gasteiger partial charge on any atom is -0.381 e. The molecule has 2 unspecified atom stereocenters. The second-order valence-electron chi connectivity index (χ2n) is 3.93. The molecule has 1 aromatic heterocycles. The highest BCUT2D eigenvalue weighted by Gasteiger charge is 2.22. The number of anilines is 1. The minimum atomic E-state index is 0.437. The normalized spacial score (nSPS) is 23.7. The molecule has 1 saturated heterocycles. The molecule has 0 aliphatic carbocycles. The topological polar surface area (TPSA) is 39.1 Å². The van der Waals surface area contributed by atoms with E-state index in [4.69, 9.17) is 4.74 Å². The lowest BCUT2D eigenvalue weighted by Crippen LogP contribution is -2.26. The molecule has 0 radical (unpaired) electrons. The lowest BCUT2D eigenvalue weighted by Gasteiger charge is -2.18. The molecule has 4 nitrogen and oxygen atoms in total. The molecule has 4 heteroatoms. The summed E-state index contributed by atoms with van der Waals surface area (Å²) in [4.78, 5) is 0. The SMILES string of the molecule is CC(Nc1ccn(C)n1)C1CCOC1. The third-order valence-corrected chi connectivity index (χ3v) is 2.76. The first kappa shape index (κ1) is 9.52. The van der Waals surface area contributed by atoms with Crippen molar-refractivity contribution in [3.8, 4) is 0 Å². The van der Waals surface area contributed by atoms with Crippen LogP contribution < -0.4 is 5.32 Å². The van der Waals surface area contributed by atoms with E-state index in [2.05, 4.69) is 17.3 Å². The monoisotopic (exact) mass is 195 g/mol. The Morgan fingerprint density at radius 2 is 2.57 bits per heavy atom. The highest BCUT2D eigenvalue weighted by Crippen LogP contribution is 2.19. The molecule has 2 rings (SSSR count). The molecular weight excluding hydrogens is 178 g/mol. The second kappa shape index (κ2) is 4.00. The van der Waals surface area contributed by atoms with Crippen LogP contribution >= 0.6 is 0 Å². The van der Waals surface area contributed by atoms with Crippen LogP contribution in [0.15, 0.2) is 12.3 Å². The molecule has 0 aromatic carbocycles. The van der Waals surface area contributed by atoms with Crippen molar-refractivity contribution in [3.63, 3.8) is 0 Å². The van der Waals surface area contributed by atoms with Crippen LogP contribution in [0.1, 0.15) is 13.3 Å². The first-order valence-corrected chi connectivity index (χ1v) is 5.09. The van der Waals surface area contributed by atoms with E-state index in [0.29, 0.717) is 12.0 Å². The van der Waals surface area contributed by atoms with Gasteiger partial charge in [-0.2, -0.15) is 5.10 Å². The van der Waals surface area contributed by atoms with Crippen molar-refractivity contribution in [2.45, 2.75) is 19.4 Å². The summed E-state index contributed by atoms with van der Waals surface area (Å²) in [5.74, 6) is 1.57. The molecule has 0 amide bonds. The number of hydrogen-bond donors (Lipinski definition) is 1. The first-order valence-electron chi connectivity index (χ1n) is 5.09. The summed E-state index contributed by atoms with van der Waals surface area (Å²) in [6.07, 6.45) is 3.10. The standard InChI is InChI=1S/C10H17N3O/c1-8(9-4-6-14-7-9)11-10-3-5-13(2)12-10/h3,5,8-9H,4,6-7H2,1-2H3,(H,11,12). The van der Waals surface area contributed by atoms with Gasteiger partial charge < -0.3 is 10.1 Å². The van der Waals surface area contributed by atoms with Gasteiger partial charge in [0.25, 0.3) is 0 Å². The fourth-order valence-electron chi connectivity index (χ4n) is 1.79. The largest absolute Gasteiger partial charge is 0.381 e. The molecule has 2 heterocycles. The van der Waals surface area contributed by atoms with Crippen LogP contribution in [0.4, 0.5) is 5.82 Å². The van der Waals surface area contributed by atoms with Crippen LogP contribution in [-0.4, -0.2) is 29.0 Å². The van der Waals surface area contributed by atoms with Gasteiger partial charge in [0.15, 0.2) is 0 Å². The van der Waals surface area contributed by atoms with E-state index >= 15 is 0 Å². The zero-order chi connectivity index (χ0) is 9.97. The number of nitrogens with one attached hydrogen (secondary N) is 1. The molecule has 1 N–H and O–H groups in total. The Bertz CT molecular complexity index is 291. The lowest BCUT2D eigenvalue weighted by atomic mass is 10.0. The maximum atomic E-state index is 5.36. The molecule has 1 fully saturated rings. The molecular formula is C10H17N3O. The van der Waals surface area contributed by atoms with Crippen LogP contribution in [0.3, 0.4) is 0 Å². The Kier molecular flexibility index (Phi) is 2.72. The lowest BCUT2D eigenvalue weighted by molar-refractivity contribution is 0.183. The van der Waals surface area contributed by atoms with E-state index in [1.165, 1.54) is 0 Å². The average molecular weight is 195 g/mol. The van der Waals surface area contributed by atoms with E-state index in [1.54, 1.807) is 4.68 Å². The minimum absolute atomic E-state index is 0.437. The van der Waals surface area contributed by atoms with Crippen molar-refractivity contribution in [2.24, 2.45) is 13.0 Å². The van der Waals surface area contributed by atoms with Crippen LogP contribution in [0, 0.1) is 5.92 Å². The molecule has 14 heavy (non-hydrogen) atoms. The summed E-state index contributed by atoms with van der Waals surface area (Å²) in [5, 5.41) is 7.68. The van der Waals surface area contributed by atoms with Crippen molar-refractivity contribution in [1.82, 2.24) is 9.78 Å². The van der Waals surface area contributed by atoms with E-state index in [9.17, 15) is 0 Å². The Balaban J connectivity index is 1.90. The fraction of sp³-hybridized carbons (Fsp3) is 0.700. The van der Waals surface area contributed by atoms with Crippen LogP contribution in [-0.2, 0) is 11.8 Å². The van der Waals surface area contributed by atoms with Gasteiger partial charge in [-0.05, 0) is 13.3 Å². The third-order valence-electron chi connectivity index (χ3n) is 2.76. The average Bonchev–Trinajstić information content (AvgIpc) is 2.75. The number of rotatable bonds is 3. The third kappa shape index (κ3) is 2.07. The van der Waals surface area contributed by atoms with E-state index in [0.717, 1.165) is 25.5 Å². The summed E-state index contributed by atoms with van der Waals surface area (Å²) >= 11 is 0. The van der Waals surface area contributed by atoms with Crippen LogP contribution in [0.2, 0.25) is 0 Å². The Hall–Kier alpha value is -1.03. The van der Waals surface area contributed by atoms with Crippen LogP contribution in [0.25, 0.3) is 0 Å². The first-order chi connectivity index (χ1) is 6.75. The highest BCUT2D eigenvalue weighted by molar-refractivity contribution is 5.33. The van der Waals surface area contributed by atoms with Crippen molar-refractivity contribution < 1.29 is 4.74 Å². The van der Waals surface area contributed by atoms with E-state index < -0.39 is 0 Å². The summed E-state index contributed by atoms with van der Waals surface area (Å²) in [6.45, 7) is 3.97. The smallest absolute Gasteiger partial charge is 0.148 e. The van der Waals surface area contributed by atoms with Gasteiger partial charge in [-0.25, -0.2) is 0 Å². The van der Waals surface area contributed by atoms with E-state index in [1.807, 2.05) is 19.3 Å². The molecule has 1 aliphatic rings. The van der Waals surface area contributed by atoms with Crippen molar-refractivity contribution in [2.75, 3.05) is 18.5 Å². The van der Waals surface area contributed by atoms with E-state index in [-0.39, 0.29) is 0 Å².